The highest BCUT2D eigenvalue weighted by atomic mass is 16.5. The molecule has 1 aromatic heterocycles. The van der Waals surface area contributed by atoms with E-state index in [4.69, 9.17) is 4.74 Å². The van der Waals surface area contributed by atoms with E-state index in [1.165, 1.54) is 4.68 Å². The lowest BCUT2D eigenvalue weighted by atomic mass is 10.2. The minimum Gasteiger partial charge on any atom is -0.492 e. The van der Waals surface area contributed by atoms with E-state index in [9.17, 15) is 4.79 Å². The Labute approximate surface area is 115 Å². The fraction of sp³-hybridized carbons (Fsp3) is 0.133. The van der Waals surface area contributed by atoms with Gasteiger partial charge in [0.15, 0.2) is 0 Å². The van der Waals surface area contributed by atoms with Crippen LogP contribution in [0.4, 0.5) is 0 Å². The summed E-state index contributed by atoms with van der Waals surface area (Å²) >= 11 is 0. The molecule has 2 aromatic carbocycles. The van der Waals surface area contributed by atoms with Crippen molar-refractivity contribution in [3.8, 4) is 11.4 Å². The molecular weight excluding hydrogens is 254 g/mol. The Morgan fingerprint density at radius 3 is 2.70 bits per heavy atom. The van der Waals surface area contributed by atoms with Crippen molar-refractivity contribution < 1.29 is 4.74 Å². The van der Waals surface area contributed by atoms with Gasteiger partial charge >= 0.3 is 0 Å². The molecule has 100 valence electrons. The van der Waals surface area contributed by atoms with Gasteiger partial charge in [0.25, 0.3) is 5.56 Å². The van der Waals surface area contributed by atoms with Crippen LogP contribution >= 0.6 is 0 Å². The van der Waals surface area contributed by atoms with Gasteiger partial charge in [-0.15, -0.1) is 5.10 Å². The van der Waals surface area contributed by atoms with Crippen LogP contribution in [0, 0.1) is 0 Å². The molecule has 0 aliphatic carbocycles. The maximum atomic E-state index is 12.5. The van der Waals surface area contributed by atoms with Crippen molar-refractivity contribution in [1.29, 1.82) is 0 Å². The molecule has 5 heteroatoms. The van der Waals surface area contributed by atoms with E-state index in [-0.39, 0.29) is 5.56 Å². The van der Waals surface area contributed by atoms with Crippen LogP contribution in [0.3, 0.4) is 0 Å². The van der Waals surface area contributed by atoms with E-state index in [0.717, 1.165) is 0 Å². The van der Waals surface area contributed by atoms with E-state index in [0.29, 0.717) is 28.9 Å². The predicted octanol–water partition coefficient (Wildman–Crippen LogP) is 2.18. The van der Waals surface area contributed by atoms with Gasteiger partial charge in [-0.25, -0.2) is 0 Å². The van der Waals surface area contributed by atoms with Gasteiger partial charge in [0.05, 0.1) is 12.0 Å². The van der Waals surface area contributed by atoms with Crippen molar-refractivity contribution in [3.05, 3.63) is 58.9 Å². The monoisotopic (exact) mass is 267 g/mol. The number of para-hydroxylation sites is 2. The molecule has 0 spiro atoms. The quantitative estimate of drug-likeness (QED) is 0.730. The Bertz CT molecular complexity index is 811. The maximum Gasteiger partial charge on any atom is 0.282 e. The van der Waals surface area contributed by atoms with Crippen molar-refractivity contribution in [3.63, 3.8) is 0 Å². The van der Waals surface area contributed by atoms with Gasteiger partial charge < -0.3 is 4.74 Å². The molecule has 0 saturated heterocycles. The summed E-state index contributed by atoms with van der Waals surface area (Å²) in [7, 11) is 0. The zero-order valence-corrected chi connectivity index (χ0v) is 11.0. The van der Waals surface area contributed by atoms with Gasteiger partial charge in [0.2, 0.25) is 0 Å². The SMILES string of the molecule is CCOc1ccccc1-n1nnc2ccccc2c1=O. The lowest BCUT2D eigenvalue weighted by Crippen LogP contribution is -2.23. The molecule has 1 heterocycles. The van der Waals surface area contributed by atoms with Gasteiger partial charge in [0, 0.05) is 0 Å². The van der Waals surface area contributed by atoms with Crippen molar-refractivity contribution in [2.24, 2.45) is 0 Å². The Morgan fingerprint density at radius 1 is 1.10 bits per heavy atom. The minimum absolute atomic E-state index is 0.206. The summed E-state index contributed by atoms with van der Waals surface area (Å²) in [5.74, 6) is 0.613. The molecule has 0 radical (unpaired) electrons. The molecule has 0 saturated carbocycles. The summed E-state index contributed by atoms with van der Waals surface area (Å²) in [6.45, 7) is 2.42. The van der Waals surface area contributed by atoms with Crippen molar-refractivity contribution in [1.82, 2.24) is 15.0 Å². The van der Waals surface area contributed by atoms with Crippen LogP contribution in [0.2, 0.25) is 0 Å². The molecule has 3 aromatic rings. The van der Waals surface area contributed by atoms with Crippen LogP contribution in [0.1, 0.15) is 6.92 Å². The summed E-state index contributed by atoms with van der Waals surface area (Å²) in [5.41, 5.74) is 0.975. The summed E-state index contributed by atoms with van der Waals surface area (Å²) in [5, 5.41) is 8.61. The number of hydrogen-bond donors (Lipinski definition) is 0. The fourth-order valence-corrected chi connectivity index (χ4v) is 2.06. The molecule has 0 N–H and O–H groups in total. The van der Waals surface area contributed by atoms with Crippen LogP contribution in [0.5, 0.6) is 5.75 Å². The van der Waals surface area contributed by atoms with Gasteiger partial charge in [-0.1, -0.05) is 29.5 Å². The molecule has 0 amide bonds. The number of fused-ring (bicyclic) bond motifs is 1. The summed E-state index contributed by atoms with van der Waals surface area (Å²) < 4.78 is 6.80. The topological polar surface area (TPSA) is 57.0 Å². The van der Waals surface area contributed by atoms with Crippen LogP contribution in [-0.4, -0.2) is 21.6 Å². The van der Waals surface area contributed by atoms with Crippen LogP contribution in [0.15, 0.2) is 53.3 Å². The van der Waals surface area contributed by atoms with Gasteiger partial charge in [-0.2, -0.15) is 4.68 Å². The van der Waals surface area contributed by atoms with E-state index in [2.05, 4.69) is 10.3 Å². The Kier molecular flexibility index (Phi) is 3.16. The summed E-state index contributed by atoms with van der Waals surface area (Å²) in [4.78, 5) is 12.5. The van der Waals surface area contributed by atoms with Crippen molar-refractivity contribution >= 4 is 10.9 Å². The first kappa shape index (κ1) is 12.3. The van der Waals surface area contributed by atoms with Crippen molar-refractivity contribution in [2.75, 3.05) is 6.61 Å². The molecular formula is C15H13N3O2. The number of ether oxygens (including phenoxy) is 1. The predicted molar refractivity (Wildman–Crippen MR) is 76.3 cm³/mol. The molecule has 0 unspecified atom stereocenters. The highest BCUT2D eigenvalue weighted by molar-refractivity contribution is 5.76. The van der Waals surface area contributed by atoms with Gasteiger partial charge in [-0.3, -0.25) is 4.79 Å². The van der Waals surface area contributed by atoms with E-state index >= 15 is 0 Å². The minimum atomic E-state index is -0.206. The molecule has 3 rings (SSSR count). The zero-order chi connectivity index (χ0) is 13.9. The third kappa shape index (κ3) is 2.03. The summed E-state index contributed by atoms with van der Waals surface area (Å²) in [6.07, 6.45) is 0. The molecule has 0 bridgehead atoms. The van der Waals surface area contributed by atoms with E-state index < -0.39 is 0 Å². The zero-order valence-electron chi connectivity index (χ0n) is 11.0. The second kappa shape index (κ2) is 5.13. The third-order valence-corrected chi connectivity index (χ3v) is 2.96. The highest BCUT2D eigenvalue weighted by Crippen LogP contribution is 2.20. The first-order chi connectivity index (χ1) is 9.81. The molecule has 20 heavy (non-hydrogen) atoms. The second-order valence-corrected chi connectivity index (χ2v) is 4.22. The summed E-state index contributed by atoms with van der Waals surface area (Å²) in [6, 6.07) is 14.4. The second-order valence-electron chi connectivity index (χ2n) is 4.22. The molecule has 5 nitrogen and oxygen atoms in total. The standard InChI is InChI=1S/C15H13N3O2/c1-2-20-14-10-6-5-9-13(14)18-15(19)11-7-3-4-8-12(11)16-17-18/h3-10H,2H2,1H3. The number of hydrogen-bond acceptors (Lipinski definition) is 4. The number of nitrogens with zero attached hydrogens (tertiary/aromatic N) is 3. The number of benzene rings is 2. The normalized spacial score (nSPS) is 10.7. The maximum absolute atomic E-state index is 12.5. The first-order valence-electron chi connectivity index (χ1n) is 6.38. The van der Waals surface area contributed by atoms with Crippen LogP contribution in [-0.2, 0) is 0 Å². The average molecular weight is 267 g/mol. The van der Waals surface area contributed by atoms with Crippen molar-refractivity contribution in [2.45, 2.75) is 6.92 Å². The average Bonchev–Trinajstić information content (AvgIpc) is 2.49. The molecule has 0 aliphatic rings. The molecule has 0 fully saturated rings. The Hall–Kier alpha value is -2.69. The number of aromatic nitrogens is 3. The number of rotatable bonds is 3. The molecule has 0 aliphatic heterocycles. The fourth-order valence-electron chi connectivity index (χ4n) is 2.06. The van der Waals surface area contributed by atoms with E-state index in [1.807, 2.05) is 37.3 Å². The lowest BCUT2D eigenvalue weighted by molar-refractivity contribution is 0.338. The Balaban J connectivity index is 2.25. The third-order valence-electron chi connectivity index (χ3n) is 2.96. The Morgan fingerprint density at radius 2 is 1.85 bits per heavy atom. The van der Waals surface area contributed by atoms with Gasteiger partial charge in [0.1, 0.15) is 17.0 Å². The van der Waals surface area contributed by atoms with Crippen LogP contribution < -0.4 is 10.3 Å². The van der Waals surface area contributed by atoms with Gasteiger partial charge in [-0.05, 0) is 31.2 Å². The largest absolute Gasteiger partial charge is 0.492 e. The first-order valence-corrected chi connectivity index (χ1v) is 6.38. The smallest absolute Gasteiger partial charge is 0.282 e. The van der Waals surface area contributed by atoms with E-state index in [1.54, 1.807) is 18.2 Å². The lowest BCUT2D eigenvalue weighted by Gasteiger charge is -2.10. The van der Waals surface area contributed by atoms with Crippen LogP contribution in [0.25, 0.3) is 16.6 Å². The highest BCUT2D eigenvalue weighted by Gasteiger charge is 2.10. The molecule has 0 atom stereocenters.